The molecular weight excluding hydrogens is 266 g/mol. The number of hydrogen-bond acceptors (Lipinski definition) is 4. The highest BCUT2D eigenvalue weighted by molar-refractivity contribution is 5.88. The summed E-state index contributed by atoms with van der Waals surface area (Å²) in [6.07, 6.45) is 1.39. The number of aromatic carboxylic acids is 1. The van der Waals surface area contributed by atoms with Crippen LogP contribution in [0, 0.1) is 0 Å². The van der Waals surface area contributed by atoms with Crippen LogP contribution in [0.15, 0.2) is 36.5 Å². The zero-order chi connectivity index (χ0) is 15.4. The van der Waals surface area contributed by atoms with Crippen LogP contribution in [0.1, 0.15) is 41.4 Å². The molecule has 1 aromatic heterocycles. The third-order valence-corrected chi connectivity index (χ3v) is 3.19. The molecule has 0 unspecified atom stereocenters. The lowest BCUT2D eigenvalue weighted by Crippen LogP contribution is -2.21. The summed E-state index contributed by atoms with van der Waals surface area (Å²) in [6, 6.07) is 10.0. The van der Waals surface area contributed by atoms with E-state index in [1.54, 1.807) is 0 Å². The van der Waals surface area contributed by atoms with Crippen molar-refractivity contribution in [3.8, 4) is 0 Å². The zero-order valence-corrected chi connectivity index (χ0v) is 12.4. The van der Waals surface area contributed by atoms with Gasteiger partial charge in [0.2, 0.25) is 5.95 Å². The summed E-state index contributed by atoms with van der Waals surface area (Å²) in [4.78, 5) is 21.7. The second kappa shape index (κ2) is 6.35. The molecule has 0 aliphatic heterocycles. The average Bonchev–Trinajstić information content (AvgIpc) is 2.47. The molecule has 1 N–H and O–H groups in total. The van der Waals surface area contributed by atoms with Gasteiger partial charge in [-0.2, -0.15) is 0 Å². The number of benzene rings is 1. The van der Waals surface area contributed by atoms with Crippen LogP contribution in [-0.2, 0) is 6.54 Å². The Morgan fingerprint density at radius 2 is 1.95 bits per heavy atom. The van der Waals surface area contributed by atoms with Gasteiger partial charge in [0, 0.05) is 19.8 Å². The van der Waals surface area contributed by atoms with Crippen LogP contribution in [0.25, 0.3) is 0 Å². The Kier molecular flexibility index (Phi) is 4.52. The molecule has 0 aliphatic carbocycles. The lowest BCUT2D eigenvalue weighted by molar-refractivity contribution is 0.0694. The minimum atomic E-state index is -0.990. The van der Waals surface area contributed by atoms with Crippen LogP contribution < -0.4 is 4.90 Å². The van der Waals surface area contributed by atoms with E-state index in [1.165, 1.54) is 6.20 Å². The predicted octanol–water partition coefficient (Wildman–Crippen LogP) is 2.93. The maximum atomic E-state index is 11.2. The molecule has 5 heteroatoms. The first-order chi connectivity index (χ1) is 9.99. The molecule has 1 aromatic carbocycles. The Morgan fingerprint density at radius 1 is 1.29 bits per heavy atom. The molecule has 0 atom stereocenters. The van der Waals surface area contributed by atoms with Crippen molar-refractivity contribution in [3.05, 3.63) is 53.3 Å². The first-order valence-corrected chi connectivity index (χ1v) is 6.84. The molecule has 0 saturated heterocycles. The summed E-state index contributed by atoms with van der Waals surface area (Å²) in [5.41, 5.74) is 1.88. The summed E-state index contributed by atoms with van der Waals surface area (Å²) in [7, 11) is 1.90. The van der Waals surface area contributed by atoms with Crippen molar-refractivity contribution in [2.75, 3.05) is 11.9 Å². The lowest BCUT2D eigenvalue weighted by atomic mass is 10.1. The van der Waals surface area contributed by atoms with E-state index in [0.29, 0.717) is 18.2 Å². The van der Waals surface area contributed by atoms with Crippen LogP contribution >= 0.6 is 0 Å². The maximum Gasteiger partial charge on any atom is 0.339 e. The third-order valence-electron chi connectivity index (χ3n) is 3.19. The summed E-state index contributed by atoms with van der Waals surface area (Å²) >= 11 is 0. The highest BCUT2D eigenvalue weighted by Crippen LogP contribution is 2.20. The molecular formula is C16H19N3O2. The van der Waals surface area contributed by atoms with Gasteiger partial charge in [0.15, 0.2) is 0 Å². The van der Waals surface area contributed by atoms with E-state index >= 15 is 0 Å². The minimum absolute atomic E-state index is 0.0305. The van der Waals surface area contributed by atoms with Crippen LogP contribution in [0.5, 0.6) is 0 Å². The number of nitrogens with zero attached hydrogens (tertiary/aromatic N) is 3. The topological polar surface area (TPSA) is 66.3 Å². The van der Waals surface area contributed by atoms with Gasteiger partial charge in [-0.15, -0.1) is 0 Å². The Labute approximate surface area is 124 Å². The number of anilines is 1. The highest BCUT2D eigenvalue weighted by Gasteiger charge is 2.17. The standard InChI is InChI=1S/C16H19N3O2/c1-11(2)14-13(15(20)21)9-17-16(18-14)19(3)10-12-7-5-4-6-8-12/h4-9,11H,10H2,1-3H3,(H,20,21). The van der Waals surface area contributed by atoms with Gasteiger partial charge in [-0.1, -0.05) is 44.2 Å². The predicted molar refractivity (Wildman–Crippen MR) is 81.6 cm³/mol. The highest BCUT2D eigenvalue weighted by atomic mass is 16.4. The first kappa shape index (κ1) is 15.0. The van der Waals surface area contributed by atoms with E-state index in [2.05, 4.69) is 9.97 Å². The number of aromatic nitrogens is 2. The minimum Gasteiger partial charge on any atom is -0.478 e. The number of carboxylic acid groups (broad SMARTS) is 1. The molecule has 2 aromatic rings. The van der Waals surface area contributed by atoms with Crippen LogP contribution in [0.2, 0.25) is 0 Å². The van der Waals surface area contributed by atoms with Gasteiger partial charge in [0.25, 0.3) is 0 Å². The van der Waals surface area contributed by atoms with Gasteiger partial charge in [-0.05, 0) is 11.5 Å². The summed E-state index contributed by atoms with van der Waals surface area (Å²) in [5, 5.41) is 9.19. The van der Waals surface area contributed by atoms with Crippen molar-refractivity contribution in [2.45, 2.75) is 26.3 Å². The monoisotopic (exact) mass is 285 g/mol. The Hall–Kier alpha value is -2.43. The van der Waals surface area contributed by atoms with Gasteiger partial charge >= 0.3 is 5.97 Å². The van der Waals surface area contributed by atoms with Crippen LogP contribution in [0.3, 0.4) is 0 Å². The van der Waals surface area contributed by atoms with Gasteiger partial charge in [-0.25, -0.2) is 14.8 Å². The molecule has 0 aliphatic rings. The van der Waals surface area contributed by atoms with Crippen LogP contribution in [0.4, 0.5) is 5.95 Å². The Bertz CT molecular complexity index is 627. The molecule has 5 nitrogen and oxygen atoms in total. The van der Waals surface area contributed by atoms with E-state index in [-0.39, 0.29) is 11.5 Å². The average molecular weight is 285 g/mol. The quantitative estimate of drug-likeness (QED) is 0.915. The molecule has 0 saturated carbocycles. The van der Waals surface area contributed by atoms with Gasteiger partial charge in [0.1, 0.15) is 0 Å². The van der Waals surface area contributed by atoms with E-state index in [9.17, 15) is 9.90 Å². The molecule has 110 valence electrons. The Morgan fingerprint density at radius 3 is 2.52 bits per heavy atom. The Balaban J connectivity index is 2.27. The second-order valence-corrected chi connectivity index (χ2v) is 5.27. The number of carboxylic acids is 1. The molecule has 0 spiro atoms. The fourth-order valence-electron chi connectivity index (χ4n) is 2.10. The van der Waals surface area contributed by atoms with E-state index < -0.39 is 5.97 Å². The SMILES string of the molecule is CC(C)c1nc(N(C)Cc2ccccc2)ncc1C(=O)O. The van der Waals surface area contributed by atoms with Crippen molar-refractivity contribution in [1.29, 1.82) is 0 Å². The van der Waals surface area contributed by atoms with Crippen molar-refractivity contribution in [1.82, 2.24) is 9.97 Å². The number of carbonyl (C=O) groups is 1. The summed E-state index contributed by atoms with van der Waals surface area (Å²) in [5.74, 6) is -0.425. The van der Waals surface area contributed by atoms with Crippen molar-refractivity contribution < 1.29 is 9.90 Å². The number of hydrogen-bond donors (Lipinski definition) is 1. The second-order valence-electron chi connectivity index (χ2n) is 5.27. The lowest BCUT2D eigenvalue weighted by Gasteiger charge is -2.19. The molecule has 0 amide bonds. The zero-order valence-electron chi connectivity index (χ0n) is 12.4. The van der Waals surface area contributed by atoms with Crippen molar-refractivity contribution >= 4 is 11.9 Å². The fraction of sp³-hybridized carbons (Fsp3) is 0.312. The van der Waals surface area contributed by atoms with Gasteiger partial charge in [-0.3, -0.25) is 0 Å². The maximum absolute atomic E-state index is 11.2. The summed E-state index contributed by atoms with van der Waals surface area (Å²) < 4.78 is 0. The van der Waals surface area contributed by atoms with Crippen LogP contribution in [-0.4, -0.2) is 28.1 Å². The molecule has 0 bridgehead atoms. The van der Waals surface area contributed by atoms with Crippen molar-refractivity contribution in [3.63, 3.8) is 0 Å². The largest absolute Gasteiger partial charge is 0.478 e. The molecule has 1 heterocycles. The van der Waals surface area contributed by atoms with Gasteiger partial charge in [0.05, 0.1) is 11.3 Å². The number of rotatable bonds is 5. The smallest absolute Gasteiger partial charge is 0.339 e. The molecule has 21 heavy (non-hydrogen) atoms. The normalized spacial score (nSPS) is 10.7. The van der Waals surface area contributed by atoms with Gasteiger partial charge < -0.3 is 10.0 Å². The molecule has 0 radical (unpaired) electrons. The molecule has 2 rings (SSSR count). The molecule has 0 fully saturated rings. The van der Waals surface area contributed by atoms with E-state index in [4.69, 9.17) is 0 Å². The fourth-order valence-corrected chi connectivity index (χ4v) is 2.10. The third kappa shape index (κ3) is 3.56. The first-order valence-electron chi connectivity index (χ1n) is 6.84. The summed E-state index contributed by atoms with van der Waals surface area (Å²) in [6.45, 7) is 4.52. The van der Waals surface area contributed by atoms with Crippen molar-refractivity contribution in [2.24, 2.45) is 0 Å². The van der Waals surface area contributed by atoms with E-state index in [1.807, 2.05) is 56.1 Å². The van der Waals surface area contributed by atoms with E-state index in [0.717, 1.165) is 5.56 Å².